The van der Waals surface area contributed by atoms with Crippen molar-refractivity contribution in [1.29, 1.82) is 0 Å². The Labute approximate surface area is 174 Å². The third-order valence-corrected chi connectivity index (χ3v) is 7.06. The number of amides is 1. The number of hydrogen-bond acceptors (Lipinski definition) is 5. The Morgan fingerprint density at radius 3 is 2.66 bits per heavy atom. The van der Waals surface area contributed by atoms with Crippen LogP contribution in [0, 0.1) is 13.8 Å². The molecule has 0 unspecified atom stereocenters. The van der Waals surface area contributed by atoms with Gasteiger partial charge in [0, 0.05) is 23.1 Å². The van der Waals surface area contributed by atoms with Gasteiger partial charge >= 0.3 is 0 Å². The molecule has 2 heterocycles. The smallest absolute Gasteiger partial charge is 0.257 e. The zero-order valence-corrected chi connectivity index (χ0v) is 18.0. The van der Waals surface area contributed by atoms with E-state index in [-0.39, 0.29) is 5.91 Å². The summed E-state index contributed by atoms with van der Waals surface area (Å²) >= 11 is 1.38. The minimum Gasteiger partial charge on any atom is -0.298 e. The third-order valence-electron chi connectivity index (χ3n) is 5.12. The maximum absolute atomic E-state index is 12.7. The molecule has 0 fully saturated rings. The van der Waals surface area contributed by atoms with E-state index < -0.39 is 10.0 Å². The number of nitrogens with one attached hydrogen (secondary N) is 1. The van der Waals surface area contributed by atoms with Gasteiger partial charge in [-0.1, -0.05) is 12.1 Å². The number of hydrogen-bond donors (Lipinski definition) is 1. The molecule has 0 aliphatic carbocycles. The molecular formula is C21H21N3O3S2. The molecule has 0 bridgehead atoms. The molecule has 0 radical (unpaired) electrons. The van der Waals surface area contributed by atoms with E-state index in [4.69, 9.17) is 0 Å². The van der Waals surface area contributed by atoms with Crippen LogP contribution in [0.25, 0.3) is 11.3 Å². The summed E-state index contributed by atoms with van der Waals surface area (Å²) in [6.45, 7) is 4.54. The van der Waals surface area contributed by atoms with Gasteiger partial charge in [0.1, 0.15) is 0 Å². The van der Waals surface area contributed by atoms with E-state index in [0.29, 0.717) is 29.3 Å². The Morgan fingerprint density at radius 1 is 1.14 bits per heavy atom. The molecule has 0 saturated heterocycles. The van der Waals surface area contributed by atoms with E-state index in [9.17, 15) is 13.2 Å². The highest BCUT2D eigenvalue weighted by Crippen LogP contribution is 2.31. The number of carbonyl (C=O) groups is 1. The number of carbonyl (C=O) groups excluding carboxylic acids is 1. The van der Waals surface area contributed by atoms with Gasteiger partial charge in [0.2, 0.25) is 10.0 Å². The maximum Gasteiger partial charge on any atom is 0.257 e. The predicted molar refractivity (Wildman–Crippen MR) is 117 cm³/mol. The Hall–Kier alpha value is -2.71. The van der Waals surface area contributed by atoms with Crippen LogP contribution < -0.4 is 9.62 Å². The van der Waals surface area contributed by atoms with Gasteiger partial charge in [0.15, 0.2) is 5.13 Å². The van der Waals surface area contributed by atoms with Crippen LogP contribution in [0.15, 0.2) is 41.8 Å². The van der Waals surface area contributed by atoms with Gasteiger partial charge in [-0.05, 0) is 61.2 Å². The molecule has 1 aliphatic heterocycles. The SMILES string of the molecule is Cc1ccc(-c2csc(NC(=O)c3ccc4c(c3)CCN4S(C)(=O)=O)n2)cc1C. The molecule has 1 aromatic heterocycles. The lowest BCUT2D eigenvalue weighted by Gasteiger charge is -2.16. The van der Waals surface area contributed by atoms with Gasteiger partial charge in [0.25, 0.3) is 5.91 Å². The van der Waals surface area contributed by atoms with Gasteiger partial charge in [0.05, 0.1) is 17.6 Å². The van der Waals surface area contributed by atoms with Gasteiger partial charge in [-0.3, -0.25) is 14.4 Å². The molecule has 6 nitrogen and oxygen atoms in total. The molecule has 2 aromatic carbocycles. The fourth-order valence-corrected chi connectivity index (χ4v) is 5.06. The number of benzene rings is 2. The lowest BCUT2D eigenvalue weighted by atomic mass is 10.1. The number of rotatable bonds is 4. The average Bonchev–Trinajstić information content (AvgIpc) is 3.30. The summed E-state index contributed by atoms with van der Waals surface area (Å²) in [5.74, 6) is -0.258. The summed E-state index contributed by atoms with van der Waals surface area (Å²) in [5.41, 5.74) is 6.26. The van der Waals surface area contributed by atoms with Crippen molar-refractivity contribution in [1.82, 2.24) is 4.98 Å². The van der Waals surface area contributed by atoms with Crippen molar-refractivity contribution < 1.29 is 13.2 Å². The Balaban J connectivity index is 1.52. The van der Waals surface area contributed by atoms with Crippen LogP contribution in [0.5, 0.6) is 0 Å². The topological polar surface area (TPSA) is 79.4 Å². The summed E-state index contributed by atoms with van der Waals surface area (Å²) in [5, 5.41) is 5.30. The fourth-order valence-electron chi connectivity index (χ4n) is 3.39. The molecule has 1 aliphatic rings. The van der Waals surface area contributed by atoms with Crippen molar-refractivity contribution in [3.05, 3.63) is 64.0 Å². The number of thiazole rings is 1. The van der Waals surface area contributed by atoms with E-state index in [2.05, 4.69) is 36.3 Å². The molecule has 4 rings (SSSR count). The second-order valence-electron chi connectivity index (χ2n) is 7.22. The van der Waals surface area contributed by atoms with Crippen LogP contribution >= 0.6 is 11.3 Å². The highest BCUT2D eigenvalue weighted by molar-refractivity contribution is 7.92. The highest BCUT2D eigenvalue weighted by Gasteiger charge is 2.26. The van der Waals surface area contributed by atoms with Crippen molar-refractivity contribution in [2.45, 2.75) is 20.3 Å². The molecule has 0 saturated carbocycles. The standard InChI is InChI=1S/C21H21N3O3S2/c1-13-4-5-15(10-14(13)2)18-12-28-21(22-18)23-20(25)17-6-7-19-16(11-17)8-9-24(19)29(3,26)27/h4-7,10-12H,8-9H2,1-3H3,(H,22,23,25). The van der Waals surface area contributed by atoms with Crippen molar-refractivity contribution >= 4 is 38.1 Å². The number of aromatic nitrogens is 1. The van der Waals surface area contributed by atoms with Gasteiger partial charge in [-0.25, -0.2) is 13.4 Å². The number of anilines is 2. The second-order valence-corrected chi connectivity index (χ2v) is 9.98. The lowest BCUT2D eigenvalue weighted by molar-refractivity contribution is 0.102. The zero-order valence-electron chi connectivity index (χ0n) is 16.4. The first-order valence-electron chi connectivity index (χ1n) is 9.17. The third kappa shape index (κ3) is 3.90. The fraction of sp³-hybridized carbons (Fsp3) is 0.238. The van der Waals surface area contributed by atoms with Crippen LogP contribution in [0.4, 0.5) is 10.8 Å². The molecular weight excluding hydrogens is 406 g/mol. The molecule has 8 heteroatoms. The van der Waals surface area contributed by atoms with E-state index in [1.54, 1.807) is 18.2 Å². The highest BCUT2D eigenvalue weighted by atomic mass is 32.2. The monoisotopic (exact) mass is 427 g/mol. The number of nitrogens with zero attached hydrogens (tertiary/aromatic N) is 2. The summed E-state index contributed by atoms with van der Waals surface area (Å²) in [4.78, 5) is 17.2. The van der Waals surface area contributed by atoms with Gasteiger partial charge in [-0.15, -0.1) is 11.3 Å². The Bertz CT molecular complexity index is 1220. The average molecular weight is 428 g/mol. The minimum atomic E-state index is -3.30. The van der Waals surface area contributed by atoms with Crippen LogP contribution in [-0.4, -0.2) is 32.1 Å². The number of fused-ring (bicyclic) bond motifs is 1. The Morgan fingerprint density at radius 2 is 1.93 bits per heavy atom. The minimum absolute atomic E-state index is 0.258. The van der Waals surface area contributed by atoms with Crippen molar-refractivity contribution in [2.75, 3.05) is 22.4 Å². The molecule has 0 spiro atoms. The van der Waals surface area contributed by atoms with E-state index in [0.717, 1.165) is 16.8 Å². The maximum atomic E-state index is 12.7. The summed E-state index contributed by atoms with van der Waals surface area (Å²) in [6.07, 6.45) is 1.79. The van der Waals surface area contributed by atoms with E-state index in [1.165, 1.54) is 33.0 Å². The molecule has 0 atom stereocenters. The number of aryl methyl sites for hydroxylation is 2. The number of sulfonamides is 1. The normalized spacial score (nSPS) is 13.4. The van der Waals surface area contributed by atoms with Crippen LogP contribution in [0.1, 0.15) is 27.0 Å². The van der Waals surface area contributed by atoms with E-state index in [1.807, 2.05) is 11.4 Å². The largest absolute Gasteiger partial charge is 0.298 e. The Kier molecular flexibility index (Phi) is 4.92. The van der Waals surface area contributed by atoms with Crippen LogP contribution in [0.2, 0.25) is 0 Å². The molecule has 3 aromatic rings. The molecule has 150 valence electrons. The van der Waals surface area contributed by atoms with Gasteiger partial charge in [-0.2, -0.15) is 0 Å². The molecule has 1 N–H and O–H groups in total. The second kappa shape index (κ2) is 7.27. The summed E-state index contributed by atoms with van der Waals surface area (Å²) in [7, 11) is -3.30. The first-order chi connectivity index (χ1) is 13.7. The van der Waals surface area contributed by atoms with Crippen LogP contribution in [-0.2, 0) is 16.4 Å². The predicted octanol–water partition coefficient (Wildman–Crippen LogP) is 4.00. The molecule has 1 amide bonds. The van der Waals surface area contributed by atoms with Crippen LogP contribution in [0.3, 0.4) is 0 Å². The zero-order chi connectivity index (χ0) is 20.8. The van der Waals surface area contributed by atoms with Crippen molar-refractivity contribution in [3.8, 4) is 11.3 Å². The summed E-state index contributed by atoms with van der Waals surface area (Å²) in [6, 6.07) is 11.3. The van der Waals surface area contributed by atoms with Crippen molar-refractivity contribution in [2.24, 2.45) is 0 Å². The first-order valence-corrected chi connectivity index (χ1v) is 11.9. The quantitative estimate of drug-likeness (QED) is 0.683. The first kappa shape index (κ1) is 19.6. The van der Waals surface area contributed by atoms with Crippen molar-refractivity contribution in [3.63, 3.8) is 0 Å². The summed E-state index contributed by atoms with van der Waals surface area (Å²) < 4.78 is 25.1. The lowest BCUT2D eigenvalue weighted by Crippen LogP contribution is -2.27. The van der Waals surface area contributed by atoms with E-state index >= 15 is 0 Å². The molecule has 29 heavy (non-hydrogen) atoms. The van der Waals surface area contributed by atoms with Gasteiger partial charge < -0.3 is 0 Å².